The van der Waals surface area contributed by atoms with Gasteiger partial charge in [0.2, 0.25) is 0 Å². The van der Waals surface area contributed by atoms with Crippen molar-refractivity contribution in [2.24, 2.45) is 0 Å². The first-order valence-electron chi connectivity index (χ1n) is 6.04. The first-order chi connectivity index (χ1) is 9.15. The van der Waals surface area contributed by atoms with E-state index >= 15 is 0 Å². The molecule has 0 saturated heterocycles. The fourth-order valence-corrected chi connectivity index (χ4v) is 2.41. The van der Waals surface area contributed by atoms with Gasteiger partial charge < -0.3 is 5.73 Å². The van der Waals surface area contributed by atoms with Gasteiger partial charge in [-0.25, -0.2) is 0 Å². The third-order valence-corrected chi connectivity index (χ3v) is 3.82. The maximum Gasteiger partial charge on any atom is 0.147 e. The number of carbonyl (C=O) groups is 1. The van der Waals surface area contributed by atoms with Crippen LogP contribution in [-0.2, 0) is 11.2 Å². The van der Waals surface area contributed by atoms with Gasteiger partial charge in [-0.15, -0.1) is 11.8 Å². The van der Waals surface area contributed by atoms with Crippen molar-refractivity contribution in [1.29, 1.82) is 0 Å². The van der Waals surface area contributed by atoms with Gasteiger partial charge in [0, 0.05) is 35.0 Å². The van der Waals surface area contributed by atoms with Crippen LogP contribution >= 0.6 is 11.8 Å². The van der Waals surface area contributed by atoms with E-state index in [1.54, 1.807) is 30.2 Å². The van der Waals surface area contributed by atoms with Gasteiger partial charge in [-0.1, -0.05) is 17.7 Å². The Morgan fingerprint density at radius 1 is 1.26 bits per heavy atom. The molecular formula is C15H16N2OS. The Morgan fingerprint density at radius 2 is 2.00 bits per heavy atom. The normalized spacial score (nSPS) is 10.4. The number of Topliss-reactive ketones (excluding diaryl/α,β-unsaturated/α-hetero) is 1. The molecule has 1 aromatic heterocycles. The number of ketones is 1. The first-order valence-corrected chi connectivity index (χ1v) is 7.03. The molecule has 2 aromatic rings. The largest absolute Gasteiger partial charge is 0.398 e. The van der Waals surface area contributed by atoms with Crippen LogP contribution in [0.1, 0.15) is 11.1 Å². The molecule has 0 radical (unpaired) electrons. The van der Waals surface area contributed by atoms with Crippen molar-refractivity contribution in [2.75, 3.05) is 11.5 Å². The topological polar surface area (TPSA) is 56.0 Å². The van der Waals surface area contributed by atoms with Crippen molar-refractivity contribution in [2.45, 2.75) is 18.2 Å². The number of aryl methyl sites for hydroxylation is 1. The number of anilines is 1. The lowest BCUT2D eigenvalue weighted by atomic mass is 10.1. The first kappa shape index (κ1) is 13.6. The van der Waals surface area contributed by atoms with Gasteiger partial charge >= 0.3 is 0 Å². The highest BCUT2D eigenvalue weighted by atomic mass is 32.2. The Balaban J connectivity index is 1.88. The number of nitrogen functional groups attached to an aromatic ring is 1. The summed E-state index contributed by atoms with van der Waals surface area (Å²) in [5, 5.41) is 0. The third kappa shape index (κ3) is 4.10. The Hall–Kier alpha value is -1.81. The second kappa shape index (κ2) is 6.38. The number of nitrogens with zero attached hydrogens (tertiary/aromatic N) is 1. The zero-order chi connectivity index (χ0) is 13.7. The van der Waals surface area contributed by atoms with Crippen molar-refractivity contribution in [3.63, 3.8) is 0 Å². The molecule has 0 unspecified atom stereocenters. The SMILES string of the molecule is Cc1ccc(SCC(=O)Cc2cnccc2N)cc1. The molecule has 0 aliphatic rings. The van der Waals surface area contributed by atoms with Gasteiger partial charge in [0.1, 0.15) is 5.78 Å². The van der Waals surface area contributed by atoms with Crippen LogP contribution in [0.5, 0.6) is 0 Å². The summed E-state index contributed by atoms with van der Waals surface area (Å²) in [7, 11) is 0. The van der Waals surface area contributed by atoms with E-state index in [0.29, 0.717) is 17.9 Å². The van der Waals surface area contributed by atoms with Crippen molar-refractivity contribution >= 4 is 23.2 Å². The van der Waals surface area contributed by atoms with Crippen molar-refractivity contribution < 1.29 is 4.79 Å². The highest BCUT2D eigenvalue weighted by Crippen LogP contribution is 2.19. The molecule has 2 N–H and O–H groups in total. The number of rotatable bonds is 5. The smallest absolute Gasteiger partial charge is 0.147 e. The van der Waals surface area contributed by atoms with Crippen LogP contribution in [0.3, 0.4) is 0 Å². The molecule has 0 bridgehead atoms. The monoisotopic (exact) mass is 272 g/mol. The van der Waals surface area contributed by atoms with E-state index in [4.69, 9.17) is 5.73 Å². The quantitative estimate of drug-likeness (QED) is 0.850. The maximum atomic E-state index is 11.9. The maximum absolute atomic E-state index is 11.9. The van der Waals surface area contributed by atoms with E-state index < -0.39 is 0 Å². The zero-order valence-electron chi connectivity index (χ0n) is 10.8. The molecule has 0 aliphatic heterocycles. The number of aromatic nitrogens is 1. The van der Waals surface area contributed by atoms with Crippen LogP contribution in [0, 0.1) is 6.92 Å². The highest BCUT2D eigenvalue weighted by molar-refractivity contribution is 8.00. The molecule has 1 aromatic carbocycles. The molecule has 2 rings (SSSR count). The molecule has 0 fully saturated rings. The van der Waals surface area contributed by atoms with E-state index in [-0.39, 0.29) is 5.78 Å². The summed E-state index contributed by atoms with van der Waals surface area (Å²) in [6.07, 6.45) is 3.63. The Labute approximate surface area is 117 Å². The van der Waals surface area contributed by atoms with Crippen LogP contribution in [-0.4, -0.2) is 16.5 Å². The predicted molar refractivity (Wildman–Crippen MR) is 79.3 cm³/mol. The van der Waals surface area contributed by atoms with Crippen LogP contribution < -0.4 is 5.73 Å². The average molecular weight is 272 g/mol. The molecule has 0 saturated carbocycles. The van der Waals surface area contributed by atoms with E-state index in [9.17, 15) is 4.79 Å². The van der Waals surface area contributed by atoms with Crippen LogP contribution in [0.15, 0.2) is 47.6 Å². The molecule has 0 atom stereocenters. The Bertz CT molecular complexity index is 567. The minimum Gasteiger partial charge on any atom is -0.398 e. The minimum atomic E-state index is 0.158. The lowest BCUT2D eigenvalue weighted by molar-refractivity contribution is -0.116. The van der Waals surface area contributed by atoms with Gasteiger partial charge in [0.15, 0.2) is 0 Å². The van der Waals surface area contributed by atoms with Crippen molar-refractivity contribution in [3.05, 3.63) is 53.9 Å². The molecule has 19 heavy (non-hydrogen) atoms. The number of pyridine rings is 1. The second-order valence-electron chi connectivity index (χ2n) is 4.39. The Kier molecular flexibility index (Phi) is 4.58. The van der Waals surface area contributed by atoms with E-state index in [2.05, 4.69) is 4.98 Å². The Morgan fingerprint density at radius 3 is 2.68 bits per heavy atom. The lowest BCUT2D eigenvalue weighted by Crippen LogP contribution is -2.08. The number of thioether (sulfide) groups is 1. The van der Waals surface area contributed by atoms with E-state index in [1.165, 1.54) is 5.56 Å². The van der Waals surface area contributed by atoms with Gasteiger partial charge in [-0.05, 0) is 25.1 Å². The molecule has 0 spiro atoms. The second-order valence-corrected chi connectivity index (χ2v) is 5.44. The van der Waals surface area contributed by atoms with Crippen LogP contribution in [0.2, 0.25) is 0 Å². The van der Waals surface area contributed by atoms with Crippen LogP contribution in [0.25, 0.3) is 0 Å². The average Bonchev–Trinajstić information content (AvgIpc) is 2.41. The van der Waals surface area contributed by atoms with Gasteiger partial charge in [-0.2, -0.15) is 0 Å². The third-order valence-electron chi connectivity index (χ3n) is 2.75. The lowest BCUT2D eigenvalue weighted by Gasteiger charge is -2.04. The summed E-state index contributed by atoms with van der Waals surface area (Å²) in [4.78, 5) is 17.0. The van der Waals surface area contributed by atoms with Crippen LogP contribution in [0.4, 0.5) is 5.69 Å². The summed E-state index contributed by atoms with van der Waals surface area (Å²) in [5.74, 6) is 0.613. The van der Waals surface area contributed by atoms with Gasteiger partial charge in [0.05, 0.1) is 5.75 Å². The van der Waals surface area contributed by atoms with Crippen molar-refractivity contribution in [1.82, 2.24) is 4.98 Å². The molecule has 3 nitrogen and oxygen atoms in total. The van der Waals surface area contributed by atoms with E-state index in [0.717, 1.165) is 10.5 Å². The molecule has 98 valence electrons. The number of carbonyl (C=O) groups excluding carboxylic acids is 1. The number of hydrogen-bond donors (Lipinski definition) is 1. The summed E-state index contributed by atoms with van der Waals surface area (Å²) in [6.45, 7) is 2.05. The number of benzene rings is 1. The predicted octanol–water partition coefficient (Wildman–Crippen LogP) is 2.88. The molecular weight excluding hydrogens is 256 g/mol. The minimum absolute atomic E-state index is 0.158. The summed E-state index contributed by atoms with van der Waals surface area (Å²) in [6, 6.07) is 9.88. The van der Waals surface area contributed by atoms with Gasteiger partial charge in [-0.3, -0.25) is 9.78 Å². The van der Waals surface area contributed by atoms with Crippen molar-refractivity contribution in [3.8, 4) is 0 Å². The summed E-state index contributed by atoms with van der Waals surface area (Å²) in [5.41, 5.74) is 8.45. The zero-order valence-corrected chi connectivity index (χ0v) is 11.6. The molecule has 4 heteroatoms. The summed E-state index contributed by atoms with van der Waals surface area (Å²) < 4.78 is 0. The molecule has 0 amide bonds. The molecule has 0 aliphatic carbocycles. The summed E-state index contributed by atoms with van der Waals surface area (Å²) >= 11 is 1.55. The fourth-order valence-electron chi connectivity index (χ4n) is 1.65. The standard InChI is InChI=1S/C15H16N2OS/c1-11-2-4-14(5-3-11)19-10-13(18)8-12-9-17-7-6-15(12)16/h2-7,9H,8,10H2,1H3,(H2,16,17). The highest BCUT2D eigenvalue weighted by Gasteiger charge is 2.07. The number of hydrogen-bond acceptors (Lipinski definition) is 4. The number of nitrogens with two attached hydrogens (primary N) is 1. The van der Waals surface area contributed by atoms with E-state index in [1.807, 2.05) is 31.2 Å². The fraction of sp³-hybridized carbons (Fsp3) is 0.200. The molecule has 1 heterocycles. The van der Waals surface area contributed by atoms with Gasteiger partial charge in [0.25, 0.3) is 0 Å².